The second-order valence-electron chi connectivity index (χ2n) is 5.06. The van der Waals surface area contributed by atoms with E-state index in [1.165, 1.54) is 0 Å². The molecule has 1 aromatic rings. The second-order valence-corrected chi connectivity index (χ2v) is 5.06. The second kappa shape index (κ2) is 7.73. The number of pyridine rings is 1. The summed E-state index contributed by atoms with van der Waals surface area (Å²) in [5.41, 5.74) is 0.564. The smallest absolute Gasteiger partial charge is 0.251 e. The van der Waals surface area contributed by atoms with E-state index in [-0.39, 0.29) is 11.8 Å². The largest absolute Gasteiger partial charge is 0.352 e. The lowest BCUT2D eigenvalue weighted by Crippen LogP contribution is -2.49. The molecule has 1 N–H and O–H groups in total. The molecule has 2 rings (SSSR count). The maximum atomic E-state index is 12.1. The number of nitrogens with zero attached hydrogens (tertiary/aromatic N) is 3. The van der Waals surface area contributed by atoms with E-state index in [0.717, 1.165) is 32.7 Å². The minimum Gasteiger partial charge on any atom is -0.352 e. The molecule has 2 heterocycles. The highest BCUT2D eigenvalue weighted by molar-refractivity contribution is 5.94. The lowest BCUT2D eigenvalue weighted by molar-refractivity contribution is -0.132. The normalized spacial score (nSPS) is 15.8. The van der Waals surface area contributed by atoms with Crippen molar-refractivity contribution >= 4 is 11.8 Å². The van der Waals surface area contributed by atoms with Crippen LogP contribution < -0.4 is 5.32 Å². The molecule has 1 fully saturated rings. The number of likely N-dealkylation sites (N-methyl/N-ethyl adjacent to an activating group) is 1. The van der Waals surface area contributed by atoms with E-state index >= 15 is 0 Å². The van der Waals surface area contributed by atoms with Crippen molar-refractivity contribution in [2.75, 3.05) is 39.3 Å². The van der Waals surface area contributed by atoms with E-state index in [1.807, 2.05) is 4.90 Å². The number of rotatable bonds is 5. The van der Waals surface area contributed by atoms with Crippen molar-refractivity contribution in [3.63, 3.8) is 0 Å². The Morgan fingerprint density at radius 3 is 2.48 bits per heavy atom. The third-order valence-corrected chi connectivity index (χ3v) is 3.74. The van der Waals surface area contributed by atoms with Gasteiger partial charge in [0, 0.05) is 57.1 Å². The van der Waals surface area contributed by atoms with Crippen LogP contribution in [-0.4, -0.2) is 65.9 Å². The van der Waals surface area contributed by atoms with Gasteiger partial charge in [0.15, 0.2) is 0 Å². The Bertz CT molecular complexity index is 470. The van der Waals surface area contributed by atoms with E-state index in [2.05, 4.69) is 22.1 Å². The Balaban J connectivity index is 1.69. The summed E-state index contributed by atoms with van der Waals surface area (Å²) in [7, 11) is 0. The lowest BCUT2D eigenvalue weighted by Gasteiger charge is -2.34. The monoisotopic (exact) mass is 290 g/mol. The molecule has 0 saturated carbocycles. The summed E-state index contributed by atoms with van der Waals surface area (Å²) in [6, 6.07) is 3.31. The van der Waals surface area contributed by atoms with Crippen LogP contribution in [0.2, 0.25) is 0 Å². The van der Waals surface area contributed by atoms with Crippen molar-refractivity contribution < 1.29 is 9.59 Å². The molecule has 6 nitrogen and oxygen atoms in total. The Labute approximate surface area is 125 Å². The van der Waals surface area contributed by atoms with Crippen LogP contribution >= 0.6 is 0 Å². The van der Waals surface area contributed by atoms with Crippen LogP contribution in [0.25, 0.3) is 0 Å². The Hall–Kier alpha value is -1.95. The van der Waals surface area contributed by atoms with Crippen LogP contribution in [0.15, 0.2) is 24.5 Å². The van der Waals surface area contributed by atoms with E-state index in [4.69, 9.17) is 0 Å². The van der Waals surface area contributed by atoms with Crippen LogP contribution in [0.5, 0.6) is 0 Å². The van der Waals surface area contributed by atoms with Crippen molar-refractivity contribution in [2.45, 2.75) is 13.3 Å². The van der Waals surface area contributed by atoms with Crippen molar-refractivity contribution in [3.05, 3.63) is 30.1 Å². The average molecular weight is 290 g/mol. The van der Waals surface area contributed by atoms with E-state index < -0.39 is 0 Å². The van der Waals surface area contributed by atoms with E-state index in [1.54, 1.807) is 24.5 Å². The number of nitrogens with one attached hydrogen (secondary N) is 1. The molecule has 0 unspecified atom stereocenters. The molecule has 1 aromatic heterocycles. The maximum Gasteiger partial charge on any atom is 0.251 e. The molecule has 0 radical (unpaired) electrons. The van der Waals surface area contributed by atoms with E-state index in [0.29, 0.717) is 18.5 Å². The minimum absolute atomic E-state index is 0.112. The fraction of sp³-hybridized carbons (Fsp3) is 0.533. The Morgan fingerprint density at radius 1 is 1.19 bits per heavy atom. The molecule has 0 aliphatic carbocycles. The molecule has 2 amide bonds. The minimum atomic E-state index is -0.166. The number of carbonyl (C=O) groups is 2. The van der Waals surface area contributed by atoms with Crippen molar-refractivity contribution in [1.82, 2.24) is 20.1 Å². The SMILES string of the molecule is CCN1CCN(C(=O)CCNC(=O)c2ccncc2)CC1. The van der Waals surface area contributed by atoms with Crippen molar-refractivity contribution in [1.29, 1.82) is 0 Å². The van der Waals surface area contributed by atoms with Crippen LogP contribution in [0.1, 0.15) is 23.7 Å². The highest BCUT2D eigenvalue weighted by atomic mass is 16.2. The van der Waals surface area contributed by atoms with Gasteiger partial charge in [-0.25, -0.2) is 0 Å². The van der Waals surface area contributed by atoms with Gasteiger partial charge in [0.05, 0.1) is 0 Å². The number of hydrogen-bond donors (Lipinski definition) is 1. The van der Waals surface area contributed by atoms with Crippen LogP contribution in [-0.2, 0) is 4.79 Å². The van der Waals surface area contributed by atoms with Crippen LogP contribution in [0, 0.1) is 0 Å². The zero-order valence-electron chi connectivity index (χ0n) is 12.4. The summed E-state index contributed by atoms with van der Waals surface area (Å²) >= 11 is 0. The van der Waals surface area contributed by atoms with Gasteiger partial charge in [0.1, 0.15) is 0 Å². The maximum absolute atomic E-state index is 12.1. The topological polar surface area (TPSA) is 65.5 Å². The first-order valence-electron chi connectivity index (χ1n) is 7.39. The first-order valence-corrected chi connectivity index (χ1v) is 7.39. The molecular formula is C15H22N4O2. The third-order valence-electron chi connectivity index (χ3n) is 3.74. The fourth-order valence-corrected chi connectivity index (χ4v) is 2.36. The molecule has 1 aliphatic heterocycles. The standard InChI is InChI=1S/C15H22N4O2/c1-2-18-9-11-19(12-10-18)14(20)5-8-17-15(21)13-3-6-16-7-4-13/h3-4,6-7H,2,5,8-12H2,1H3,(H,17,21). The van der Waals surface area contributed by atoms with Gasteiger partial charge in [-0.05, 0) is 18.7 Å². The highest BCUT2D eigenvalue weighted by Crippen LogP contribution is 2.03. The molecule has 1 aliphatic rings. The summed E-state index contributed by atoms with van der Waals surface area (Å²) in [4.78, 5) is 31.9. The Morgan fingerprint density at radius 2 is 1.86 bits per heavy atom. The highest BCUT2D eigenvalue weighted by Gasteiger charge is 2.19. The molecule has 0 spiro atoms. The van der Waals surface area contributed by atoms with Gasteiger partial charge in [-0.15, -0.1) is 0 Å². The number of hydrogen-bond acceptors (Lipinski definition) is 4. The molecule has 0 aromatic carbocycles. The summed E-state index contributed by atoms with van der Waals surface area (Å²) in [6.07, 6.45) is 3.50. The number of piperazine rings is 1. The van der Waals surface area contributed by atoms with Gasteiger partial charge in [0.2, 0.25) is 5.91 Å². The van der Waals surface area contributed by atoms with Gasteiger partial charge in [-0.3, -0.25) is 14.6 Å². The van der Waals surface area contributed by atoms with Crippen LogP contribution in [0.3, 0.4) is 0 Å². The predicted molar refractivity (Wildman–Crippen MR) is 79.9 cm³/mol. The summed E-state index contributed by atoms with van der Waals surface area (Å²) < 4.78 is 0. The van der Waals surface area contributed by atoms with Crippen LogP contribution in [0.4, 0.5) is 0 Å². The zero-order valence-corrected chi connectivity index (χ0v) is 12.4. The lowest BCUT2D eigenvalue weighted by atomic mass is 10.2. The van der Waals surface area contributed by atoms with Gasteiger partial charge in [-0.1, -0.05) is 6.92 Å². The predicted octanol–water partition coefficient (Wildman–Crippen LogP) is 0.366. The van der Waals surface area contributed by atoms with Gasteiger partial charge in [0.25, 0.3) is 5.91 Å². The first kappa shape index (κ1) is 15.4. The first-order chi connectivity index (χ1) is 10.2. The average Bonchev–Trinajstić information content (AvgIpc) is 2.55. The summed E-state index contributed by atoms with van der Waals surface area (Å²) in [6.45, 7) is 6.97. The third kappa shape index (κ3) is 4.53. The molecule has 114 valence electrons. The molecule has 0 bridgehead atoms. The molecule has 21 heavy (non-hydrogen) atoms. The number of carbonyl (C=O) groups excluding carboxylic acids is 2. The summed E-state index contributed by atoms with van der Waals surface area (Å²) in [5, 5.41) is 2.76. The molecule has 0 atom stereocenters. The summed E-state index contributed by atoms with van der Waals surface area (Å²) in [5.74, 6) is -0.0539. The van der Waals surface area contributed by atoms with Gasteiger partial charge in [-0.2, -0.15) is 0 Å². The van der Waals surface area contributed by atoms with Gasteiger partial charge < -0.3 is 15.1 Å². The van der Waals surface area contributed by atoms with E-state index in [9.17, 15) is 9.59 Å². The zero-order chi connectivity index (χ0) is 15.1. The Kier molecular flexibility index (Phi) is 5.68. The number of amides is 2. The molecular weight excluding hydrogens is 268 g/mol. The number of aromatic nitrogens is 1. The fourth-order valence-electron chi connectivity index (χ4n) is 2.36. The quantitative estimate of drug-likeness (QED) is 0.850. The van der Waals surface area contributed by atoms with Gasteiger partial charge >= 0.3 is 0 Å². The molecule has 1 saturated heterocycles. The van der Waals surface area contributed by atoms with Crippen molar-refractivity contribution in [2.24, 2.45) is 0 Å². The molecule has 6 heteroatoms. The van der Waals surface area contributed by atoms with Crippen molar-refractivity contribution in [3.8, 4) is 0 Å².